The molecule has 0 radical (unpaired) electrons. The third-order valence-corrected chi connectivity index (χ3v) is 4.77. The summed E-state index contributed by atoms with van der Waals surface area (Å²) >= 11 is 1.48. The molecule has 0 bridgehead atoms. The number of rotatable bonds is 3. The summed E-state index contributed by atoms with van der Waals surface area (Å²) in [7, 11) is 0. The van der Waals surface area contributed by atoms with Gasteiger partial charge in [0, 0.05) is 4.88 Å². The summed E-state index contributed by atoms with van der Waals surface area (Å²) in [5.74, 6) is 0.776. The minimum absolute atomic E-state index is 0.269. The molecule has 0 saturated heterocycles. The third kappa shape index (κ3) is 3.05. The van der Waals surface area contributed by atoms with Crippen molar-refractivity contribution >= 4 is 21.6 Å². The van der Waals surface area contributed by atoms with Crippen LogP contribution in [0.5, 0.6) is 11.6 Å². The van der Waals surface area contributed by atoms with Crippen molar-refractivity contribution < 1.29 is 9.13 Å². The average molecular weight is 347 g/mol. The topological polar surface area (TPSA) is 58.8 Å². The van der Waals surface area contributed by atoms with E-state index in [1.165, 1.54) is 29.8 Å². The number of halogens is 1. The number of hydrogen-bond donors (Lipinski definition) is 0. The molecule has 6 heteroatoms. The lowest BCUT2D eigenvalue weighted by molar-refractivity contribution is 0.469. The Morgan fingerprint density at radius 2 is 1.76 bits per heavy atom. The van der Waals surface area contributed by atoms with E-state index in [4.69, 9.17) is 10.00 Å². The number of thiophene rings is 1. The lowest BCUT2D eigenvalue weighted by Crippen LogP contribution is -1.89. The first kappa shape index (κ1) is 15.2. The highest BCUT2D eigenvalue weighted by molar-refractivity contribution is 7.22. The van der Waals surface area contributed by atoms with Crippen molar-refractivity contribution in [1.82, 2.24) is 9.97 Å². The number of ether oxygens (including phenoxy) is 1. The lowest BCUT2D eigenvalue weighted by Gasteiger charge is -2.04. The van der Waals surface area contributed by atoms with E-state index in [0.717, 1.165) is 20.7 Å². The van der Waals surface area contributed by atoms with Crippen LogP contribution in [0.25, 0.3) is 20.7 Å². The summed E-state index contributed by atoms with van der Waals surface area (Å²) in [6.45, 7) is 0. The molecule has 0 atom stereocenters. The Bertz CT molecular complexity index is 1080. The maximum absolute atomic E-state index is 13.1. The molecular formula is C19H10FN3OS. The monoisotopic (exact) mass is 347 g/mol. The van der Waals surface area contributed by atoms with Gasteiger partial charge in [0.25, 0.3) is 0 Å². The zero-order valence-corrected chi connectivity index (χ0v) is 13.6. The Hall–Kier alpha value is -3.30. The fraction of sp³-hybridized carbons (Fsp3) is 0. The minimum Gasteiger partial charge on any atom is -0.437 e. The van der Waals surface area contributed by atoms with Gasteiger partial charge >= 0.3 is 0 Å². The van der Waals surface area contributed by atoms with Crippen LogP contribution in [0.1, 0.15) is 5.56 Å². The van der Waals surface area contributed by atoms with E-state index in [1.807, 2.05) is 6.07 Å². The number of fused-ring (bicyclic) bond motifs is 1. The molecule has 4 rings (SSSR count). The molecule has 0 unspecified atom stereocenters. The molecule has 0 aliphatic rings. The van der Waals surface area contributed by atoms with E-state index < -0.39 is 0 Å². The quantitative estimate of drug-likeness (QED) is 0.513. The Kier molecular flexibility index (Phi) is 3.84. The zero-order valence-electron chi connectivity index (χ0n) is 12.8. The number of nitriles is 1. The molecule has 2 aromatic carbocycles. The van der Waals surface area contributed by atoms with Crippen LogP contribution in [0, 0.1) is 17.1 Å². The summed E-state index contributed by atoms with van der Waals surface area (Å²) in [6.07, 6.45) is 1.45. The summed E-state index contributed by atoms with van der Waals surface area (Å²) in [6, 6.07) is 17.1. The lowest BCUT2D eigenvalue weighted by atomic mass is 10.2. The van der Waals surface area contributed by atoms with Crippen LogP contribution >= 0.6 is 11.3 Å². The highest BCUT2D eigenvalue weighted by atomic mass is 32.1. The minimum atomic E-state index is -0.269. The van der Waals surface area contributed by atoms with Gasteiger partial charge in [0.05, 0.1) is 17.1 Å². The first-order valence-electron chi connectivity index (χ1n) is 7.41. The second-order valence-electron chi connectivity index (χ2n) is 5.25. The molecule has 0 N–H and O–H groups in total. The molecule has 4 aromatic rings. The summed E-state index contributed by atoms with van der Waals surface area (Å²) in [5.41, 5.74) is 2.24. The Balaban J connectivity index is 1.72. The number of nitrogens with zero attached hydrogens (tertiary/aromatic N) is 3. The number of aromatic nitrogens is 2. The molecule has 120 valence electrons. The largest absolute Gasteiger partial charge is 0.437 e. The van der Waals surface area contributed by atoms with Crippen LogP contribution in [0.3, 0.4) is 0 Å². The summed E-state index contributed by atoms with van der Waals surface area (Å²) < 4.78 is 19.8. The number of benzene rings is 2. The molecule has 0 spiro atoms. The highest BCUT2D eigenvalue weighted by Gasteiger charge is 2.12. The van der Waals surface area contributed by atoms with Crippen LogP contribution in [-0.4, -0.2) is 9.97 Å². The predicted molar refractivity (Wildman–Crippen MR) is 94.0 cm³/mol. The summed E-state index contributed by atoms with van der Waals surface area (Å²) in [5, 5.41) is 8.85. The van der Waals surface area contributed by atoms with E-state index in [9.17, 15) is 4.39 Å². The van der Waals surface area contributed by atoms with Gasteiger partial charge in [-0.3, -0.25) is 0 Å². The van der Waals surface area contributed by atoms with Crippen molar-refractivity contribution in [3.8, 4) is 28.1 Å². The van der Waals surface area contributed by atoms with Crippen LogP contribution in [-0.2, 0) is 0 Å². The molecule has 0 amide bonds. The van der Waals surface area contributed by atoms with E-state index >= 15 is 0 Å². The van der Waals surface area contributed by atoms with E-state index in [1.54, 1.807) is 36.4 Å². The molecule has 2 aromatic heterocycles. The van der Waals surface area contributed by atoms with Crippen molar-refractivity contribution in [1.29, 1.82) is 5.26 Å². The third-order valence-electron chi connectivity index (χ3n) is 3.61. The highest BCUT2D eigenvalue weighted by Crippen LogP contribution is 2.37. The normalized spacial score (nSPS) is 10.6. The van der Waals surface area contributed by atoms with Crippen molar-refractivity contribution in [2.75, 3.05) is 0 Å². The van der Waals surface area contributed by atoms with Gasteiger partial charge in [0.2, 0.25) is 5.88 Å². The Morgan fingerprint density at radius 3 is 2.48 bits per heavy atom. The average Bonchev–Trinajstić information content (AvgIpc) is 3.08. The van der Waals surface area contributed by atoms with Gasteiger partial charge < -0.3 is 4.74 Å². The standard InChI is InChI=1S/C19H10FN3OS/c20-14-5-3-13(4-6-14)17-9-16-18(25-17)19(23-11-22-16)24-15-7-1-12(10-21)2-8-15/h1-9,11H. The van der Waals surface area contributed by atoms with Gasteiger partial charge in [0.15, 0.2) is 0 Å². The second-order valence-corrected chi connectivity index (χ2v) is 6.30. The summed E-state index contributed by atoms with van der Waals surface area (Å²) in [4.78, 5) is 9.45. The Morgan fingerprint density at radius 1 is 1.00 bits per heavy atom. The molecule has 2 heterocycles. The molecular weight excluding hydrogens is 337 g/mol. The molecule has 0 fully saturated rings. The van der Waals surface area contributed by atoms with E-state index in [-0.39, 0.29) is 5.82 Å². The van der Waals surface area contributed by atoms with Gasteiger partial charge in [-0.05, 0) is 48.0 Å². The molecule has 25 heavy (non-hydrogen) atoms. The fourth-order valence-electron chi connectivity index (χ4n) is 2.37. The molecule has 0 aliphatic carbocycles. The SMILES string of the molecule is N#Cc1ccc(Oc2ncnc3cc(-c4ccc(F)cc4)sc23)cc1. The van der Waals surface area contributed by atoms with Crippen LogP contribution in [0.15, 0.2) is 60.9 Å². The Labute approximate surface area is 146 Å². The molecule has 4 nitrogen and oxygen atoms in total. The van der Waals surface area contributed by atoms with Crippen molar-refractivity contribution in [2.24, 2.45) is 0 Å². The van der Waals surface area contributed by atoms with Gasteiger partial charge in [-0.1, -0.05) is 12.1 Å². The molecule has 0 saturated carbocycles. The van der Waals surface area contributed by atoms with Crippen LogP contribution in [0.2, 0.25) is 0 Å². The predicted octanol–water partition coefficient (Wildman–Crippen LogP) is 5.16. The first-order chi connectivity index (χ1) is 12.2. The second kappa shape index (κ2) is 6.30. The van der Waals surface area contributed by atoms with Crippen LogP contribution in [0.4, 0.5) is 4.39 Å². The van der Waals surface area contributed by atoms with Gasteiger partial charge in [-0.25, -0.2) is 14.4 Å². The van der Waals surface area contributed by atoms with Gasteiger partial charge in [-0.2, -0.15) is 5.26 Å². The maximum atomic E-state index is 13.1. The smallest absolute Gasteiger partial charge is 0.240 e. The van der Waals surface area contributed by atoms with Crippen LogP contribution < -0.4 is 4.74 Å². The number of hydrogen-bond acceptors (Lipinski definition) is 5. The van der Waals surface area contributed by atoms with Crippen molar-refractivity contribution in [3.63, 3.8) is 0 Å². The van der Waals surface area contributed by atoms with E-state index in [0.29, 0.717) is 17.2 Å². The molecule has 0 aliphatic heterocycles. The van der Waals surface area contributed by atoms with Gasteiger partial charge in [-0.15, -0.1) is 11.3 Å². The van der Waals surface area contributed by atoms with Crippen molar-refractivity contribution in [2.45, 2.75) is 0 Å². The van der Waals surface area contributed by atoms with Crippen molar-refractivity contribution in [3.05, 3.63) is 72.3 Å². The van der Waals surface area contributed by atoms with Gasteiger partial charge in [0.1, 0.15) is 22.6 Å². The fourth-order valence-corrected chi connectivity index (χ4v) is 3.41. The maximum Gasteiger partial charge on any atom is 0.240 e. The first-order valence-corrected chi connectivity index (χ1v) is 8.23. The zero-order chi connectivity index (χ0) is 17.2. The van der Waals surface area contributed by atoms with E-state index in [2.05, 4.69) is 16.0 Å².